The predicted molar refractivity (Wildman–Crippen MR) is 86.9 cm³/mol. The maximum atomic E-state index is 11.3. The first-order valence-electron chi connectivity index (χ1n) is 6.20. The first-order chi connectivity index (χ1) is 9.16. The molecule has 0 radical (unpaired) electrons. The first-order valence-corrected chi connectivity index (χ1v) is 7.45. The second-order valence-corrected chi connectivity index (χ2v) is 6.14. The van der Waals surface area contributed by atoms with E-state index in [0.717, 1.165) is 5.69 Å². The van der Waals surface area contributed by atoms with Gasteiger partial charge < -0.3 is 10.1 Å². The molecule has 2 aromatic carbocycles. The van der Waals surface area contributed by atoms with Crippen molar-refractivity contribution in [1.82, 2.24) is 0 Å². The molecular formula is C15H16INO2. The molecule has 0 saturated heterocycles. The molecule has 3 nitrogen and oxygen atoms in total. The molecule has 19 heavy (non-hydrogen) atoms. The minimum absolute atomic E-state index is 0.0988. The van der Waals surface area contributed by atoms with Crippen LogP contribution in [0.4, 0.5) is 5.69 Å². The van der Waals surface area contributed by atoms with Gasteiger partial charge in [0.1, 0.15) is 10.5 Å². The van der Waals surface area contributed by atoms with Gasteiger partial charge in [-0.2, -0.15) is 0 Å². The molecular weight excluding hydrogens is 353 g/mol. The van der Waals surface area contributed by atoms with Crippen LogP contribution in [-0.2, 0) is 9.53 Å². The number of halogens is 1. The number of esters is 1. The molecule has 0 aliphatic heterocycles. The highest BCUT2D eigenvalue weighted by atomic mass is 127. The van der Waals surface area contributed by atoms with Crippen LogP contribution in [0.25, 0.3) is 10.8 Å². The lowest BCUT2D eigenvalue weighted by Crippen LogP contribution is -2.18. The van der Waals surface area contributed by atoms with E-state index in [-0.39, 0.29) is 9.89 Å². The van der Waals surface area contributed by atoms with Crippen molar-refractivity contribution in [3.63, 3.8) is 0 Å². The summed E-state index contributed by atoms with van der Waals surface area (Å²) in [5.74, 6) is -0.166. The number of hydrogen-bond donors (Lipinski definition) is 1. The van der Waals surface area contributed by atoms with Crippen molar-refractivity contribution in [1.29, 1.82) is 0 Å². The third-order valence-electron chi connectivity index (χ3n) is 2.75. The quantitative estimate of drug-likeness (QED) is 0.379. The minimum Gasteiger partial charge on any atom is -0.463 e. The van der Waals surface area contributed by atoms with Gasteiger partial charge in [0.05, 0.1) is 0 Å². The van der Waals surface area contributed by atoms with Gasteiger partial charge >= 0.3 is 5.97 Å². The Hall–Kier alpha value is -1.30. The standard InChI is InChI=1S/C15H16INO2/c1-11(16)15(18)19-9-8-17-14-7-6-12-4-2-3-5-13(12)10-14/h2-7,10-11,17H,8-9H2,1H3. The highest BCUT2D eigenvalue weighted by Gasteiger charge is 2.08. The molecule has 0 heterocycles. The third kappa shape index (κ3) is 4.09. The van der Waals surface area contributed by atoms with Crippen molar-refractivity contribution in [3.8, 4) is 0 Å². The Balaban J connectivity index is 1.86. The highest BCUT2D eigenvalue weighted by molar-refractivity contribution is 14.1. The molecule has 1 N–H and O–H groups in total. The van der Waals surface area contributed by atoms with Crippen LogP contribution in [0.3, 0.4) is 0 Å². The number of ether oxygens (including phenoxy) is 1. The number of nitrogens with one attached hydrogen (secondary N) is 1. The van der Waals surface area contributed by atoms with E-state index in [0.29, 0.717) is 13.2 Å². The molecule has 0 fully saturated rings. The van der Waals surface area contributed by atoms with E-state index in [1.807, 2.05) is 47.7 Å². The third-order valence-corrected chi connectivity index (χ3v) is 3.26. The van der Waals surface area contributed by atoms with E-state index in [1.165, 1.54) is 10.8 Å². The van der Waals surface area contributed by atoms with Crippen molar-refractivity contribution in [2.24, 2.45) is 0 Å². The summed E-state index contributed by atoms with van der Waals surface area (Å²) >= 11 is 2.05. The number of rotatable bonds is 5. The number of alkyl halides is 1. The molecule has 0 spiro atoms. The van der Waals surface area contributed by atoms with Crippen LogP contribution in [0.15, 0.2) is 42.5 Å². The van der Waals surface area contributed by atoms with Crippen LogP contribution >= 0.6 is 22.6 Å². The van der Waals surface area contributed by atoms with E-state index >= 15 is 0 Å². The summed E-state index contributed by atoms with van der Waals surface area (Å²) in [7, 11) is 0. The lowest BCUT2D eigenvalue weighted by atomic mass is 10.1. The molecule has 2 aromatic rings. The van der Waals surface area contributed by atoms with Crippen LogP contribution in [0.5, 0.6) is 0 Å². The summed E-state index contributed by atoms with van der Waals surface area (Å²) in [5, 5.41) is 5.67. The molecule has 1 atom stereocenters. The number of hydrogen-bond acceptors (Lipinski definition) is 3. The molecule has 0 aromatic heterocycles. The summed E-state index contributed by atoms with van der Waals surface area (Å²) in [5.41, 5.74) is 1.04. The second kappa shape index (κ2) is 6.75. The fourth-order valence-corrected chi connectivity index (χ4v) is 1.94. The molecule has 0 bridgehead atoms. The Kier molecular flexibility index (Phi) is 5.01. The Morgan fingerprint density at radius 3 is 2.74 bits per heavy atom. The van der Waals surface area contributed by atoms with E-state index in [9.17, 15) is 4.79 Å². The van der Waals surface area contributed by atoms with Crippen LogP contribution in [0.2, 0.25) is 0 Å². The maximum Gasteiger partial charge on any atom is 0.318 e. The van der Waals surface area contributed by atoms with Crippen LogP contribution in [-0.4, -0.2) is 23.0 Å². The summed E-state index contributed by atoms with van der Waals surface area (Å²) in [4.78, 5) is 11.3. The van der Waals surface area contributed by atoms with Crippen LogP contribution < -0.4 is 5.32 Å². The van der Waals surface area contributed by atoms with Gasteiger partial charge in [-0.1, -0.05) is 52.9 Å². The van der Waals surface area contributed by atoms with E-state index in [1.54, 1.807) is 0 Å². The SMILES string of the molecule is CC(I)C(=O)OCCNc1ccc2ccccc2c1. The van der Waals surface area contributed by atoms with Crippen molar-refractivity contribution in [2.45, 2.75) is 10.8 Å². The van der Waals surface area contributed by atoms with Crippen LogP contribution in [0.1, 0.15) is 6.92 Å². The average Bonchev–Trinajstić information content (AvgIpc) is 2.43. The lowest BCUT2D eigenvalue weighted by molar-refractivity contribution is -0.141. The molecule has 1 unspecified atom stereocenters. The van der Waals surface area contributed by atoms with Gasteiger partial charge in [0.15, 0.2) is 0 Å². The number of carbonyl (C=O) groups is 1. The highest BCUT2D eigenvalue weighted by Crippen LogP contribution is 2.18. The van der Waals surface area contributed by atoms with E-state index in [2.05, 4.69) is 29.6 Å². The Morgan fingerprint density at radius 2 is 2.00 bits per heavy atom. The minimum atomic E-state index is -0.166. The first kappa shape index (κ1) is 14.1. The molecule has 0 aliphatic rings. The Bertz CT molecular complexity index is 569. The van der Waals surface area contributed by atoms with Crippen molar-refractivity contribution >= 4 is 45.0 Å². The maximum absolute atomic E-state index is 11.3. The molecule has 4 heteroatoms. The molecule has 0 saturated carbocycles. The Morgan fingerprint density at radius 1 is 1.26 bits per heavy atom. The van der Waals surface area contributed by atoms with Gasteiger partial charge in [-0.3, -0.25) is 4.79 Å². The van der Waals surface area contributed by atoms with Gasteiger partial charge in [0.2, 0.25) is 0 Å². The van der Waals surface area contributed by atoms with E-state index in [4.69, 9.17) is 4.74 Å². The van der Waals surface area contributed by atoms with Crippen LogP contribution in [0, 0.1) is 0 Å². The normalized spacial score (nSPS) is 12.1. The molecule has 2 rings (SSSR count). The molecule has 100 valence electrons. The molecule has 0 amide bonds. The lowest BCUT2D eigenvalue weighted by Gasteiger charge is -2.09. The fraction of sp³-hybridized carbons (Fsp3) is 0.267. The number of carbonyl (C=O) groups excluding carboxylic acids is 1. The summed E-state index contributed by atoms with van der Waals surface area (Å²) in [6.07, 6.45) is 0. The van der Waals surface area contributed by atoms with Gasteiger partial charge in [-0.05, 0) is 29.8 Å². The van der Waals surface area contributed by atoms with Crippen molar-refractivity contribution in [3.05, 3.63) is 42.5 Å². The van der Waals surface area contributed by atoms with Gasteiger partial charge in [0.25, 0.3) is 0 Å². The summed E-state index contributed by atoms with van der Waals surface area (Å²) < 4.78 is 5.00. The zero-order chi connectivity index (χ0) is 13.7. The zero-order valence-corrected chi connectivity index (χ0v) is 12.9. The van der Waals surface area contributed by atoms with E-state index < -0.39 is 0 Å². The number of benzene rings is 2. The number of anilines is 1. The van der Waals surface area contributed by atoms with Crippen molar-refractivity contribution < 1.29 is 9.53 Å². The predicted octanol–water partition coefficient (Wildman–Crippen LogP) is 3.62. The summed E-state index contributed by atoms with van der Waals surface area (Å²) in [6.45, 7) is 2.83. The fourth-order valence-electron chi connectivity index (χ4n) is 1.76. The van der Waals surface area contributed by atoms with Gasteiger partial charge in [-0.15, -0.1) is 0 Å². The Labute approximate surface area is 126 Å². The second-order valence-electron chi connectivity index (χ2n) is 4.27. The molecule has 0 aliphatic carbocycles. The summed E-state index contributed by atoms with van der Waals surface area (Å²) in [6, 6.07) is 14.4. The largest absolute Gasteiger partial charge is 0.463 e. The zero-order valence-electron chi connectivity index (χ0n) is 10.7. The van der Waals surface area contributed by atoms with Crippen molar-refractivity contribution in [2.75, 3.05) is 18.5 Å². The van der Waals surface area contributed by atoms with Gasteiger partial charge in [0, 0.05) is 12.2 Å². The topological polar surface area (TPSA) is 38.3 Å². The van der Waals surface area contributed by atoms with Gasteiger partial charge in [-0.25, -0.2) is 0 Å². The average molecular weight is 369 g/mol. The number of fused-ring (bicyclic) bond motifs is 1. The monoisotopic (exact) mass is 369 g/mol. The smallest absolute Gasteiger partial charge is 0.318 e.